The van der Waals surface area contributed by atoms with Crippen LogP contribution in [0.4, 0.5) is 0 Å². The average molecular weight is 178 g/mol. The fourth-order valence-electron chi connectivity index (χ4n) is 1.82. The summed E-state index contributed by atoms with van der Waals surface area (Å²) in [7, 11) is 0. The molecule has 1 aliphatic carbocycles. The topological polar surface area (TPSA) is 38.1 Å². The van der Waals surface area contributed by atoms with Gasteiger partial charge in [0.25, 0.3) is 0 Å². The Morgan fingerprint density at radius 2 is 2.15 bits per heavy atom. The maximum absolute atomic E-state index is 5.74. The molecule has 13 heavy (non-hydrogen) atoms. The van der Waals surface area contributed by atoms with Crippen molar-refractivity contribution in [3.8, 4) is 0 Å². The minimum absolute atomic E-state index is 0.585. The molecular weight excluding hydrogens is 164 g/mol. The first kappa shape index (κ1) is 7.56. The number of hydrogen-bond donors (Lipinski definition) is 1. The Morgan fingerprint density at radius 1 is 1.31 bits per heavy atom. The SMILES string of the molecule is c1nc(C2CCC2)oc1C1CNC1. The molecule has 1 N–H and O–H groups in total. The normalized spacial score (nSPS) is 24.0. The zero-order valence-corrected chi connectivity index (χ0v) is 7.62. The lowest BCUT2D eigenvalue weighted by Gasteiger charge is -2.25. The third kappa shape index (κ3) is 1.18. The highest BCUT2D eigenvalue weighted by Gasteiger charge is 2.27. The molecule has 1 saturated carbocycles. The van der Waals surface area contributed by atoms with Crippen molar-refractivity contribution in [1.82, 2.24) is 10.3 Å². The summed E-state index contributed by atoms with van der Waals surface area (Å²) in [5.41, 5.74) is 0. The summed E-state index contributed by atoms with van der Waals surface area (Å²) in [6.45, 7) is 2.11. The third-order valence-corrected chi connectivity index (χ3v) is 3.18. The Labute approximate surface area is 77.5 Å². The van der Waals surface area contributed by atoms with Crippen molar-refractivity contribution in [2.24, 2.45) is 0 Å². The number of hydrogen-bond acceptors (Lipinski definition) is 3. The van der Waals surface area contributed by atoms with Crippen LogP contribution in [0.1, 0.15) is 42.7 Å². The van der Waals surface area contributed by atoms with Gasteiger partial charge in [-0.05, 0) is 12.8 Å². The molecule has 0 unspecified atom stereocenters. The molecule has 0 aromatic carbocycles. The monoisotopic (exact) mass is 178 g/mol. The average Bonchev–Trinajstić information content (AvgIpc) is 2.29. The molecule has 2 heterocycles. The molecule has 70 valence electrons. The van der Waals surface area contributed by atoms with Crippen LogP contribution in [0.25, 0.3) is 0 Å². The van der Waals surface area contributed by atoms with Gasteiger partial charge in [0.05, 0.1) is 6.20 Å². The standard InChI is InChI=1S/C10H14N2O/c1-2-7(3-1)10-12-6-9(13-10)8-4-11-5-8/h6-8,11H,1-5H2. The van der Waals surface area contributed by atoms with E-state index in [4.69, 9.17) is 4.42 Å². The van der Waals surface area contributed by atoms with E-state index >= 15 is 0 Å². The molecule has 1 aliphatic heterocycles. The van der Waals surface area contributed by atoms with Crippen LogP contribution in [0.2, 0.25) is 0 Å². The highest BCUT2D eigenvalue weighted by atomic mass is 16.4. The maximum Gasteiger partial charge on any atom is 0.197 e. The van der Waals surface area contributed by atoms with Gasteiger partial charge < -0.3 is 9.73 Å². The molecule has 2 aliphatic rings. The van der Waals surface area contributed by atoms with Crippen LogP contribution < -0.4 is 5.32 Å². The summed E-state index contributed by atoms with van der Waals surface area (Å²) < 4.78 is 5.74. The fraction of sp³-hybridized carbons (Fsp3) is 0.700. The molecule has 0 atom stereocenters. The van der Waals surface area contributed by atoms with Gasteiger partial charge >= 0.3 is 0 Å². The highest BCUT2D eigenvalue weighted by Crippen LogP contribution is 2.36. The summed E-state index contributed by atoms with van der Waals surface area (Å²) in [5.74, 6) is 3.27. The van der Waals surface area contributed by atoms with Crippen molar-refractivity contribution in [2.75, 3.05) is 13.1 Å². The van der Waals surface area contributed by atoms with Crippen molar-refractivity contribution in [1.29, 1.82) is 0 Å². The molecule has 1 saturated heterocycles. The van der Waals surface area contributed by atoms with Gasteiger partial charge in [-0.1, -0.05) is 6.42 Å². The van der Waals surface area contributed by atoms with E-state index in [1.807, 2.05) is 6.20 Å². The second-order valence-electron chi connectivity index (χ2n) is 4.08. The van der Waals surface area contributed by atoms with Crippen molar-refractivity contribution in [3.05, 3.63) is 17.8 Å². The van der Waals surface area contributed by atoms with E-state index in [0.29, 0.717) is 11.8 Å². The van der Waals surface area contributed by atoms with Gasteiger partial charge in [-0.15, -0.1) is 0 Å². The zero-order chi connectivity index (χ0) is 8.67. The lowest BCUT2D eigenvalue weighted by Crippen LogP contribution is -2.39. The fourth-order valence-corrected chi connectivity index (χ4v) is 1.82. The zero-order valence-electron chi connectivity index (χ0n) is 7.62. The van der Waals surface area contributed by atoms with E-state index in [9.17, 15) is 0 Å². The minimum Gasteiger partial charge on any atom is -0.445 e. The predicted octanol–water partition coefficient (Wildman–Crippen LogP) is 1.63. The number of rotatable bonds is 2. The summed E-state index contributed by atoms with van der Waals surface area (Å²) in [4.78, 5) is 4.35. The molecule has 0 spiro atoms. The van der Waals surface area contributed by atoms with E-state index in [1.165, 1.54) is 19.3 Å². The van der Waals surface area contributed by atoms with Crippen LogP contribution in [0.5, 0.6) is 0 Å². The lowest BCUT2D eigenvalue weighted by atomic mass is 9.85. The summed E-state index contributed by atoms with van der Waals surface area (Å²) in [6, 6.07) is 0. The van der Waals surface area contributed by atoms with Crippen LogP contribution in [0.15, 0.2) is 10.6 Å². The Hall–Kier alpha value is -0.830. The molecule has 0 bridgehead atoms. The smallest absolute Gasteiger partial charge is 0.197 e. The molecule has 3 rings (SSSR count). The van der Waals surface area contributed by atoms with Gasteiger partial charge in [0, 0.05) is 24.9 Å². The highest BCUT2D eigenvalue weighted by molar-refractivity contribution is 5.10. The first-order valence-electron chi connectivity index (χ1n) is 5.10. The number of aromatic nitrogens is 1. The molecular formula is C10H14N2O. The van der Waals surface area contributed by atoms with Crippen LogP contribution in [0, 0.1) is 0 Å². The van der Waals surface area contributed by atoms with E-state index in [-0.39, 0.29) is 0 Å². The third-order valence-electron chi connectivity index (χ3n) is 3.18. The number of nitrogens with one attached hydrogen (secondary N) is 1. The van der Waals surface area contributed by atoms with Crippen molar-refractivity contribution in [3.63, 3.8) is 0 Å². The molecule has 1 aromatic rings. The van der Waals surface area contributed by atoms with Crippen molar-refractivity contribution >= 4 is 0 Å². The van der Waals surface area contributed by atoms with Gasteiger partial charge in [0.15, 0.2) is 5.89 Å². The van der Waals surface area contributed by atoms with Crippen LogP contribution in [-0.4, -0.2) is 18.1 Å². The van der Waals surface area contributed by atoms with Gasteiger partial charge in [0.1, 0.15) is 5.76 Å². The van der Waals surface area contributed by atoms with Crippen molar-refractivity contribution < 1.29 is 4.42 Å². The Bertz CT molecular complexity index is 271. The summed E-state index contributed by atoms with van der Waals surface area (Å²) in [5, 5.41) is 3.24. The van der Waals surface area contributed by atoms with E-state index in [1.54, 1.807) is 0 Å². The van der Waals surface area contributed by atoms with Crippen LogP contribution >= 0.6 is 0 Å². The molecule has 0 amide bonds. The van der Waals surface area contributed by atoms with E-state index in [0.717, 1.165) is 24.7 Å². The quantitative estimate of drug-likeness (QED) is 0.748. The summed E-state index contributed by atoms with van der Waals surface area (Å²) in [6.07, 6.45) is 5.79. The van der Waals surface area contributed by atoms with Gasteiger partial charge in [0.2, 0.25) is 0 Å². The second-order valence-corrected chi connectivity index (χ2v) is 4.08. The van der Waals surface area contributed by atoms with Gasteiger partial charge in [-0.25, -0.2) is 4.98 Å². The molecule has 1 aromatic heterocycles. The van der Waals surface area contributed by atoms with Crippen LogP contribution in [-0.2, 0) is 0 Å². The largest absolute Gasteiger partial charge is 0.445 e. The summed E-state index contributed by atoms with van der Waals surface area (Å²) >= 11 is 0. The van der Waals surface area contributed by atoms with E-state index in [2.05, 4.69) is 10.3 Å². The maximum atomic E-state index is 5.74. The molecule has 2 fully saturated rings. The Balaban J connectivity index is 1.76. The Morgan fingerprint density at radius 3 is 2.69 bits per heavy atom. The molecule has 3 heteroatoms. The van der Waals surface area contributed by atoms with Gasteiger partial charge in [-0.2, -0.15) is 0 Å². The number of oxazole rings is 1. The molecule has 3 nitrogen and oxygen atoms in total. The predicted molar refractivity (Wildman–Crippen MR) is 48.7 cm³/mol. The van der Waals surface area contributed by atoms with Crippen molar-refractivity contribution in [2.45, 2.75) is 31.1 Å². The lowest BCUT2D eigenvalue weighted by molar-refractivity contribution is 0.300. The Kier molecular flexibility index (Phi) is 1.65. The van der Waals surface area contributed by atoms with E-state index < -0.39 is 0 Å². The first-order chi connectivity index (χ1) is 6.43. The first-order valence-corrected chi connectivity index (χ1v) is 5.10. The van der Waals surface area contributed by atoms with Crippen LogP contribution in [0.3, 0.4) is 0 Å². The number of nitrogens with zero attached hydrogens (tertiary/aromatic N) is 1. The second kappa shape index (κ2) is 2.84. The minimum atomic E-state index is 0.585. The molecule has 0 radical (unpaired) electrons. The van der Waals surface area contributed by atoms with Gasteiger partial charge in [-0.3, -0.25) is 0 Å².